The molecule has 1 fully saturated rings. The molecule has 1 saturated heterocycles. The Morgan fingerprint density at radius 1 is 1.77 bits per heavy atom. The van der Waals surface area contributed by atoms with Crippen molar-refractivity contribution in [1.82, 2.24) is 5.32 Å². The van der Waals surface area contributed by atoms with Crippen LogP contribution in [-0.2, 0) is 9.53 Å². The van der Waals surface area contributed by atoms with Gasteiger partial charge >= 0.3 is 0 Å². The van der Waals surface area contributed by atoms with E-state index in [4.69, 9.17) is 17.7 Å². The molecule has 0 unspecified atom stereocenters. The zero-order valence-electron chi connectivity index (χ0n) is 7.07. The lowest BCUT2D eigenvalue weighted by Crippen LogP contribution is -2.42. The average molecular weight is 295 g/mol. The first-order valence-corrected chi connectivity index (χ1v) is 5.57. The minimum Gasteiger partial charge on any atom is -0.394 e. The van der Waals surface area contributed by atoms with Gasteiger partial charge in [-0.3, -0.25) is 4.79 Å². The van der Waals surface area contributed by atoms with E-state index in [9.17, 15) is 4.79 Å². The van der Waals surface area contributed by atoms with Crippen molar-refractivity contribution in [3.05, 3.63) is 0 Å². The van der Waals surface area contributed by atoms with Crippen molar-refractivity contribution < 1.29 is 14.6 Å². The van der Waals surface area contributed by atoms with Crippen LogP contribution in [0.15, 0.2) is 0 Å². The molecule has 0 bridgehead atoms. The van der Waals surface area contributed by atoms with Crippen LogP contribution >= 0.6 is 22.6 Å². The van der Waals surface area contributed by atoms with E-state index in [0.717, 1.165) is 0 Å². The summed E-state index contributed by atoms with van der Waals surface area (Å²) >= 11 is 1.98. The third kappa shape index (κ3) is 3.10. The monoisotopic (exact) mass is 295 g/mol. The Morgan fingerprint density at radius 3 is 3.00 bits per heavy atom. The predicted molar refractivity (Wildman–Crippen MR) is 56.9 cm³/mol. The van der Waals surface area contributed by atoms with Crippen LogP contribution in [0.4, 0.5) is 0 Å². The third-order valence-electron chi connectivity index (χ3n) is 1.93. The summed E-state index contributed by atoms with van der Waals surface area (Å²) in [7, 11) is 5.52. The summed E-state index contributed by atoms with van der Waals surface area (Å²) in [6.45, 7) is -0.111. The molecule has 4 nitrogen and oxygen atoms in total. The van der Waals surface area contributed by atoms with Crippen molar-refractivity contribution in [1.29, 1.82) is 0 Å². The topological polar surface area (TPSA) is 58.6 Å². The number of aliphatic hydroxyl groups is 1. The number of halogens is 1. The molecular formula is C7H11BINO3. The zero-order valence-corrected chi connectivity index (χ0v) is 9.23. The molecule has 0 saturated carbocycles. The van der Waals surface area contributed by atoms with Crippen LogP contribution in [-0.4, -0.2) is 48.0 Å². The number of alkyl halides is 1. The maximum Gasteiger partial charge on any atom is 0.230 e. The molecule has 0 aromatic heterocycles. The van der Waals surface area contributed by atoms with Gasteiger partial charge in [-0.05, 0) is 6.42 Å². The Bertz CT molecular complexity index is 193. The van der Waals surface area contributed by atoms with Crippen LogP contribution in [0.2, 0.25) is 0 Å². The first-order chi connectivity index (χ1) is 6.17. The Morgan fingerprint density at radius 2 is 2.46 bits per heavy atom. The lowest BCUT2D eigenvalue weighted by atomic mass is 9.95. The van der Waals surface area contributed by atoms with Crippen LogP contribution in [0.25, 0.3) is 0 Å². The van der Waals surface area contributed by atoms with Crippen molar-refractivity contribution in [2.75, 3.05) is 11.0 Å². The summed E-state index contributed by atoms with van der Waals surface area (Å²) in [5, 5.41) is 11.7. The molecule has 0 aromatic rings. The summed E-state index contributed by atoms with van der Waals surface area (Å²) < 4.78 is 5.58. The fourth-order valence-electron chi connectivity index (χ4n) is 1.34. The van der Waals surface area contributed by atoms with Gasteiger partial charge in [-0.1, -0.05) is 22.6 Å². The molecule has 2 radical (unpaired) electrons. The summed E-state index contributed by atoms with van der Waals surface area (Å²) in [5.41, 5.74) is 0. The highest BCUT2D eigenvalue weighted by molar-refractivity contribution is 14.1. The number of carbonyl (C=O) groups excluding carboxylic acids is 1. The van der Waals surface area contributed by atoms with E-state index in [2.05, 4.69) is 5.32 Å². The van der Waals surface area contributed by atoms with E-state index in [1.165, 1.54) is 0 Å². The summed E-state index contributed by atoms with van der Waals surface area (Å²) in [5.74, 6) is -0.0539. The quantitative estimate of drug-likeness (QED) is 0.406. The molecule has 1 rings (SSSR count). The highest BCUT2D eigenvalue weighted by Crippen LogP contribution is 2.17. The van der Waals surface area contributed by atoms with Crippen molar-refractivity contribution in [3.63, 3.8) is 0 Å². The Hall–Kier alpha value is 0.185. The van der Waals surface area contributed by atoms with E-state index in [1.807, 2.05) is 22.6 Å². The number of hydrogen-bond acceptors (Lipinski definition) is 3. The second-order valence-corrected chi connectivity index (χ2v) is 3.70. The molecular weight excluding hydrogens is 284 g/mol. The second-order valence-electron chi connectivity index (χ2n) is 2.94. The predicted octanol–water partition coefficient (Wildman–Crippen LogP) is -0.818. The van der Waals surface area contributed by atoms with Gasteiger partial charge in [0.15, 0.2) is 0 Å². The number of ether oxygens (including phenoxy) is 1. The second kappa shape index (κ2) is 5.16. The fourth-order valence-corrected chi connectivity index (χ4v) is 1.56. The highest BCUT2D eigenvalue weighted by atomic mass is 127. The maximum atomic E-state index is 11.0. The van der Waals surface area contributed by atoms with Crippen LogP contribution in [0, 0.1) is 0 Å². The molecule has 0 aliphatic carbocycles. The van der Waals surface area contributed by atoms with E-state index in [0.29, 0.717) is 10.8 Å². The largest absolute Gasteiger partial charge is 0.394 e. The maximum absolute atomic E-state index is 11.0. The molecule has 1 aliphatic rings. The number of nitrogens with one attached hydrogen (secondary N) is 1. The van der Waals surface area contributed by atoms with E-state index < -0.39 is 0 Å². The first kappa shape index (κ1) is 11.3. The molecule has 1 amide bonds. The number of aliphatic hydroxyl groups excluding tert-OH is 1. The summed E-state index contributed by atoms with van der Waals surface area (Å²) in [4.78, 5) is 11.0. The molecule has 72 valence electrons. The molecule has 0 aromatic carbocycles. The molecule has 13 heavy (non-hydrogen) atoms. The van der Waals surface area contributed by atoms with Gasteiger partial charge in [0.1, 0.15) is 14.0 Å². The highest BCUT2D eigenvalue weighted by Gasteiger charge is 2.32. The Balaban J connectivity index is 2.43. The van der Waals surface area contributed by atoms with Crippen LogP contribution in [0.1, 0.15) is 6.42 Å². The fraction of sp³-hybridized carbons (Fsp3) is 0.857. The number of carbonyl (C=O) groups is 1. The minimum absolute atomic E-state index is 0.0539. The normalized spacial score (nSPS) is 33.2. The van der Waals surface area contributed by atoms with Gasteiger partial charge in [0.25, 0.3) is 0 Å². The minimum atomic E-state index is -0.378. The van der Waals surface area contributed by atoms with E-state index in [1.54, 1.807) is 0 Å². The molecule has 1 heterocycles. The summed E-state index contributed by atoms with van der Waals surface area (Å²) in [6, 6.07) is -0.529. The van der Waals surface area contributed by atoms with E-state index >= 15 is 0 Å². The van der Waals surface area contributed by atoms with Gasteiger partial charge < -0.3 is 15.2 Å². The molecule has 0 spiro atoms. The SMILES string of the molecule is [B][C@H]1C[C@@H](NC(=O)CI)[C@@H](CO)O1. The van der Waals surface area contributed by atoms with Crippen LogP contribution in [0.3, 0.4) is 0 Å². The summed E-state index contributed by atoms with van der Waals surface area (Å²) in [6.07, 6.45) is 0.204. The van der Waals surface area contributed by atoms with Crippen molar-refractivity contribution >= 4 is 36.3 Å². The van der Waals surface area contributed by atoms with Gasteiger partial charge in [0.05, 0.1) is 17.1 Å². The van der Waals surface area contributed by atoms with Gasteiger partial charge in [0, 0.05) is 6.00 Å². The zero-order chi connectivity index (χ0) is 9.84. The van der Waals surface area contributed by atoms with Gasteiger partial charge in [-0.25, -0.2) is 0 Å². The number of rotatable bonds is 3. The standard InChI is InChI=1S/C7H11BINO3/c8-6-1-4(5(3-11)13-6)10-7(12)2-9/h4-6,11H,1-3H2,(H,10,12)/t4-,5-,6-/m1/s1. The van der Waals surface area contributed by atoms with Crippen LogP contribution in [0.5, 0.6) is 0 Å². The van der Waals surface area contributed by atoms with Crippen molar-refractivity contribution in [2.45, 2.75) is 24.6 Å². The molecule has 6 heteroatoms. The van der Waals surface area contributed by atoms with Gasteiger partial charge in [-0.2, -0.15) is 0 Å². The van der Waals surface area contributed by atoms with Crippen molar-refractivity contribution in [3.8, 4) is 0 Å². The number of amides is 1. The molecule has 3 atom stereocenters. The van der Waals surface area contributed by atoms with Gasteiger partial charge in [-0.15, -0.1) is 0 Å². The Kier molecular flexibility index (Phi) is 4.47. The average Bonchev–Trinajstić information content (AvgIpc) is 2.46. The first-order valence-electron chi connectivity index (χ1n) is 4.04. The molecule has 1 aliphatic heterocycles. The van der Waals surface area contributed by atoms with E-state index in [-0.39, 0.29) is 30.7 Å². The van der Waals surface area contributed by atoms with Crippen molar-refractivity contribution in [2.24, 2.45) is 0 Å². The number of hydrogen-bond donors (Lipinski definition) is 2. The molecule has 2 N–H and O–H groups in total. The van der Waals surface area contributed by atoms with Gasteiger partial charge in [0.2, 0.25) is 5.91 Å². The lowest BCUT2D eigenvalue weighted by molar-refractivity contribution is -0.119. The third-order valence-corrected chi connectivity index (χ3v) is 2.63. The smallest absolute Gasteiger partial charge is 0.230 e. The van der Waals surface area contributed by atoms with Crippen LogP contribution < -0.4 is 5.32 Å². The Labute approximate surface area is 92.0 Å². The lowest BCUT2D eigenvalue weighted by Gasteiger charge is -2.16.